The fourth-order valence-corrected chi connectivity index (χ4v) is 8.57. The van der Waals surface area contributed by atoms with Gasteiger partial charge in [-0.25, -0.2) is 0 Å². The van der Waals surface area contributed by atoms with Gasteiger partial charge in [0.1, 0.15) is 24.1 Å². The summed E-state index contributed by atoms with van der Waals surface area (Å²) < 4.78 is 33.8. The van der Waals surface area contributed by atoms with Crippen molar-refractivity contribution in [1.82, 2.24) is 0 Å². The minimum Gasteiger partial charge on any atom is -0.496 e. The Kier molecular flexibility index (Phi) is 16.0. The van der Waals surface area contributed by atoms with Crippen LogP contribution in [-0.2, 0) is 25.4 Å². The van der Waals surface area contributed by atoms with Crippen molar-refractivity contribution in [2.75, 3.05) is 40.1 Å². The Hall–Kier alpha value is -1.61. The predicted molar refractivity (Wildman–Crippen MR) is 191 cm³/mol. The molecule has 1 aliphatic rings. The molecule has 0 aliphatic carbocycles. The summed E-state index contributed by atoms with van der Waals surface area (Å²) in [5.74, 6) is 0.927. The van der Waals surface area contributed by atoms with Crippen LogP contribution in [0.4, 0.5) is 0 Å². The molecule has 0 amide bonds. The Morgan fingerprint density at radius 1 is 0.689 bits per heavy atom. The molecule has 0 N–H and O–H groups in total. The second-order valence-corrected chi connectivity index (χ2v) is 14.6. The minimum absolute atomic E-state index is 0.0841. The summed E-state index contributed by atoms with van der Waals surface area (Å²) in [6, 6.07) is 17.7. The molecule has 1 fully saturated rings. The lowest BCUT2D eigenvalue weighted by Crippen LogP contribution is -2.55. The quantitative estimate of drug-likeness (QED) is 0.106. The van der Waals surface area contributed by atoms with Crippen LogP contribution in [0.15, 0.2) is 48.5 Å². The summed E-state index contributed by atoms with van der Waals surface area (Å²) in [6.45, 7) is 12.4. The Labute approximate surface area is 280 Å². The van der Waals surface area contributed by atoms with Gasteiger partial charge in [-0.1, -0.05) is 83.7 Å². The van der Waals surface area contributed by atoms with Gasteiger partial charge in [-0.2, -0.15) is 0 Å². The fourth-order valence-electron chi connectivity index (χ4n) is 5.85. The highest BCUT2D eigenvalue weighted by atomic mass is 32.2. The maximum absolute atomic E-state index is 6.82. The van der Waals surface area contributed by atoms with E-state index in [1.807, 2.05) is 23.1 Å². The average Bonchev–Trinajstić information content (AvgIpc) is 3.47. The van der Waals surface area contributed by atoms with Crippen LogP contribution >= 0.6 is 23.1 Å². The molecule has 1 aliphatic heterocycles. The molecule has 250 valence electrons. The molecule has 2 aromatic carbocycles. The molecule has 45 heavy (non-hydrogen) atoms. The van der Waals surface area contributed by atoms with E-state index >= 15 is 0 Å². The van der Waals surface area contributed by atoms with Gasteiger partial charge in [0.2, 0.25) is 0 Å². The van der Waals surface area contributed by atoms with E-state index < -0.39 is 0 Å². The first-order chi connectivity index (χ1) is 22.1. The number of benzene rings is 2. The molecule has 0 saturated carbocycles. The monoisotopic (exact) mass is 656 g/mol. The Morgan fingerprint density at radius 2 is 1.33 bits per heavy atom. The summed E-state index contributed by atoms with van der Waals surface area (Å²) >= 11 is 3.82. The summed E-state index contributed by atoms with van der Waals surface area (Å²) in [6.07, 6.45) is 9.04. The van der Waals surface area contributed by atoms with Gasteiger partial charge in [-0.15, -0.1) is 23.1 Å². The van der Waals surface area contributed by atoms with Crippen LogP contribution in [-0.4, -0.2) is 63.7 Å². The molecule has 1 aromatic heterocycles. The van der Waals surface area contributed by atoms with Crippen molar-refractivity contribution in [1.29, 1.82) is 0 Å². The molecule has 5 atom stereocenters. The average molecular weight is 657 g/mol. The number of unbranched alkanes of at least 4 members (excludes halogenated alkanes) is 4. The van der Waals surface area contributed by atoms with Crippen LogP contribution in [0.25, 0.3) is 10.1 Å². The van der Waals surface area contributed by atoms with Crippen LogP contribution < -0.4 is 4.74 Å². The maximum atomic E-state index is 6.82. The van der Waals surface area contributed by atoms with Gasteiger partial charge in [-0.3, -0.25) is 0 Å². The van der Waals surface area contributed by atoms with Gasteiger partial charge in [0, 0.05) is 42.4 Å². The molecule has 0 radical (unpaired) electrons. The smallest absolute Gasteiger partial charge is 0.122 e. The molecule has 7 heteroatoms. The van der Waals surface area contributed by atoms with Gasteiger partial charge < -0.3 is 23.7 Å². The maximum Gasteiger partial charge on any atom is 0.122 e. The number of thioether (sulfide) groups is 1. The van der Waals surface area contributed by atoms with E-state index in [4.69, 9.17) is 23.7 Å². The van der Waals surface area contributed by atoms with E-state index in [1.165, 1.54) is 26.1 Å². The number of ether oxygens (including phenoxy) is 5. The highest BCUT2D eigenvalue weighted by Crippen LogP contribution is 2.47. The number of fused-ring (bicyclic) bond motifs is 1. The van der Waals surface area contributed by atoms with E-state index in [9.17, 15) is 0 Å². The molecule has 0 unspecified atom stereocenters. The van der Waals surface area contributed by atoms with Gasteiger partial charge in [0.15, 0.2) is 0 Å². The number of thiophene rings is 1. The van der Waals surface area contributed by atoms with E-state index in [1.54, 1.807) is 7.11 Å². The molecule has 0 spiro atoms. The van der Waals surface area contributed by atoms with Gasteiger partial charge in [-0.05, 0) is 60.4 Å². The van der Waals surface area contributed by atoms with Crippen molar-refractivity contribution in [3.05, 3.63) is 64.5 Å². The van der Waals surface area contributed by atoms with Gasteiger partial charge in [0.05, 0.1) is 24.2 Å². The molecular formula is C38H56O5S2. The number of hydrogen-bond acceptors (Lipinski definition) is 7. The Balaban J connectivity index is 1.69. The standard InChI is InChI=1S/C38H56O5S2/c1-6-10-20-40-27-34-35(41-21-11-7-2)36(42-22-12-8-3)37(43-23-13-9-4)38(45-34)29-18-19-32(39-5)30(24-29)26-31-25-28-16-14-15-17-33(28)44-31/h14-19,24-25,34-38H,6-13,20-23,26-27H2,1-5H3/t34-,35-,36+,37-,38+/m1/s1. The summed E-state index contributed by atoms with van der Waals surface area (Å²) in [5.41, 5.74) is 2.46. The van der Waals surface area contributed by atoms with Crippen molar-refractivity contribution in [3.63, 3.8) is 0 Å². The number of methoxy groups -OCH3 is 1. The Bertz CT molecular complexity index is 1210. The van der Waals surface area contributed by atoms with Crippen molar-refractivity contribution >= 4 is 33.2 Å². The highest BCUT2D eigenvalue weighted by molar-refractivity contribution is 8.00. The minimum atomic E-state index is -0.163. The van der Waals surface area contributed by atoms with Gasteiger partial charge >= 0.3 is 0 Å². The van der Waals surface area contributed by atoms with Gasteiger partial charge in [0.25, 0.3) is 0 Å². The summed E-state index contributed by atoms with van der Waals surface area (Å²) in [7, 11) is 1.77. The molecule has 3 aromatic rings. The zero-order valence-electron chi connectivity index (χ0n) is 28.3. The second-order valence-electron chi connectivity index (χ2n) is 12.1. The second kappa shape index (κ2) is 19.9. The first-order valence-corrected chi connectivity index (χ1v) is 19.1. The molecule has 1 saturated heterocycles. The van der Waals surface area contributed by atoms with E-state index in [0.717, 1.165) is 83.4 Å². The molecule has 2 heterocycles. The predicted octanol–water partition coefficient (Wildman–Crippen LogP) is 10.0. The summed E-state index contributed by atoms with van der Waals surface area (Å²) in [4.78, 5) is 1.34. The largest absolute Gasteiger partial charge is 0.496 e. The van der Waals surface area contributed by atoms with Crippen LogP contribution in [0.5, 0.6) is 5.75 Å². The fraction of sp³-hybridized carbons (Fsp3) is 0.632. The summed E-state index contributed by atoms with van der Waals surface area (Å²) in [5, 5.41) is 1.54. The van der Waals surface area contributed by atoms with Crippen molar-refractivity contribution in [3.8, 4) is 5.75 Å². The van der Waals surface area contributed by atoms with E-state index in [0.29, 0.717) is 13.2 Å². The third-order valence-corrected chi connectivity index (χ3v) is 11.2. The molecule has 4 rings (SSSR count). The Morgan fingerprint density at radius 3 is 2.00 bits per heavy atom. The molecule has 0 bridgehead atoms. The van der Waals surface area contributed by atoms with Crippen LogP contribution in [0.3, 0.4) is 0 Å². The number of rotatable bonds is 21. The van der Waals surface area contributed by atoms with Crippen molar-refractivity contribution in [2.45, 2.75) is 114 Å². The molecular weight excluding hydrogens is 601 g/mol. The van der Waals surface area contributed by atoms with Crippen molar-refractivity contribution < 1.29 is 23.7 Å². The van der Waals surface area contributed by atoms with Crippen LogP contribution in [0, 0.1) is 0 Å². The lowest BCUT2D eigenvalue weighted by molar-refractivity contribution is -0.149. The molecule has 5 nitrogen and oxygen atoms in total. The van der Waals surface area contributed by atoms with Crippen LogP contribution in [0.1, 0.15) is 100 Å². The number of hydrogen-bond donors (Lipinski definition) is 0. The van der Waals surface area contributed by atoms with E-state index in [2.05, 4.69) is 76.2 Å². The SMILES string of the molecule is CCCCOC[C@H]1S[C@@H](c2ccc(OC)c(Cc3cc4ccccc4s3)c2)[C@H](OCCCC)[C@@H](OCCCC)[C@@H]1OCCCC. The zero-order chi connectivity index (χ0) is 31.9. The van der Waals surface area contributed by atoms with Crippen LogP contribution in [0.2, 0.25) is 0 Å². The van der Waals surface area contributed by atoms with Crippen molar-refractivity contribution in [2.24, 2.45) is 0 Å². The normalized spacial score (nSPS) is 21.8. The lowest BCUT2D eigenvalue weighted by Gasteiger charge is -2.46. The van der Waals surface area contributed by atoms with E-state index in [-0.39, 0.29) is 28.8 Å². The third-order valence-electron chi connectivity index (χ3n) is 8.46. The highest BCUT2D eigenvalue weighted by Gasteiger charge is 2.48. The zero-order valence-corrected chi connectivity index (χ0v) is 29.9. The first kappa shape index (κ1) is 36.2. The first-order valence-electron chi connectivity index (χ1n) is 17.4. The third kappa shape index (κ3) is 10.4. The lowest BCUT2D eigenvalue weighted by atomic mass is 9.94. The topological polar surface area (TPSA) is 46.2 Å².